The molecule has 0 unspecified atom stereocenters. The summed E-state index contributed by atoms with van der Waals surface area (Å²) in [5, 5.41) is 0.675. The van der Waals surface area contributed by atoms with Gasteiger partial charge in [-0.1, -0.05) is 39.7 Å². The van der Waals surface area contributed by atoms with Crippen molar-refractivity contribution >= 4 is 60.6 Å². The molecule has 2 amide bonds. The fraction of sp³-hybridized carbons (Fsp3) is 0.440. The van der Waals surface area contributed by atoms with Gasteiger partial charge in [-0.05, 0) is 49.1 Å². The van der Waals surface area contributed by atoms with Gasteiger partial charge in [-0.15, -0.1) is 0 Å². The average Bonchev–Trinajstić information content (AvgIpc) is 3.61. The van der Waals surface area contributed by atoms with Crippen molar-refractivity contribution in [3.63, 3.8) is 0 Å². The highest BCUT2D eigenvalue weighted by atomic mass is 79.9. The molecule has 2 aromatic carbocycles. The van der Waals surface area contributed by atoms with E-state index in [0.29, 0.717) is 54.3 Å². The molecule has 1 saturated carbocycles. The molecule has 0 aromatic heterocycles. The molecule has 3 aliphatic rings. The number of rotatable bonds is 6. The van der Waals surface area contributed by atoms with Crippen molar-refractivity contribution in [2.75, 3.05) is 48.3 Å². The number of hydrogen-bond donors (Lipinski definition) is 0. The Bertz CT molecular complexity index is 1270. The van der Waals surface area contributed by atoms with Crippen LogP contribution in [-0.4, -0.2) is 63.6 Å². The van der Waals surface area contributed by atoms with E-state index in [1.807, 2.05) is 30.3 Å². The lowest BCUT2D eigenvalue weighted by Gasteiger charge is -2.36. The second-order valence-electron chi connectivity index (χ2n) is 9.31. The van der Waals surface area contributed by atoms with Crippen molar-refractivity contribution in [2.45, 2.75) is 30.6 Å². The van der Waals surface area contributed by atoms with Gasteiger partial charge >= 0.3 is 0 Å². The number of carbonyl (C=O) groups is 2. The summed E-state index contributed by atoms with van der Waals surface area (Å²) >= 11 is 9.72. The maximum atomic E-state index is 13.4. The van der Waals surface area contributed by atoms with Crippen LogP contribution in [0.2, 0.25) is 5.02 Å². The van der Waals surface area contributed by atoms with E-state index in [0.717, 1.165) is 24.1 Å². The first-order valence-corrected chi connectivity index (χ1v) is 14.7. The van der Waals surface area contributed by atoms with Crippen LogP contribution in [0.15, 0.2) is 45.8 Å². The second kappa shape index (κ2) is 9.75. The van der Waals surface area contributed by atoms with Crippen LogP contribution < -0.4 is 9.80 Å². The Hall–Kier alpha value is -2.10. The average molecular weight is 581 g/mol. The van der Waals surface area contributed by atoms with Crippen molar-refractivity contribution in [1.82, 2.24) is 4.90 Å². The molecule has 186 valence electrons. The third-order valence-corrected chi connectivity index (χ3v) is 9.43. The lowest BCUT2D eigenvalue weighted by molar-refractivity contribution is -0.131. The molecule has 0 radical (unpaired) electrons. The number of halogens is 2. The van der Waals surface area contributed by atoms with Gasteiger partial charge in [-0.3, -0.25) is 9.59 Å². The summed E-state index contributed by atoms with van der Waals surface area (Å²) in [6.45, 7) is 2.80. The molecule has 1 saturated heterocycles. The molecule has 7 nitrogen and oxygen atoms in total. The van der Waals surface area contributed by atoms with Gasteiger partial charge in [0.15, 0.2) is 9.84 Å². The van der Waals surface area contributed by atoms with Gasteiger partial charge in [-0.2, -0.15) is 0 Å². The van der Waals surface area contributed by atoms with Crippen molar-refractivity contribution < 1.29 is 18.0 Å². The number of para-hydroxylation sites is 1. The maximum Gasteiger partial charge on any atom is 0.230 e. The predicted molar refractivity (Wildman–Crippen MR) is 140 cm³/mol. The Balaban J connectivity index is 1.26. The monoisotopic (exact) mass is 579 g/mol. The summed E-state index contributed by atoms with van der Waals surface area (Å²) < 4.78 is 27.5. The molecule has 0 atom stereocenters. The van der Waals surface area contributed by atoms with E-state index in [1.54, 1.807) is 15.9 Å². The van der Waals surface area contributed by atoms with Crippen LogP contribution in [0.3, 0.4) is 0 Å². The van der Waals surface area contributed by atoms with Crippen LogP contribution >= 0.6 is 27.5 Å². The van der Waals surface area contributed by atoms with Crippen LogP contribution in [0.1, 0.15) is 24.8 Å². The third-order valence-electron chi connectivity index (χ3n) is 6.93. The zero-order chi connectivity index (χ0) is 24.7. The van der Waals surface area contributed by atoms with Crippen LogP contribution in [0.4, 0.5) is 11.4 Å². The summed E-state index contributed by atoms with van der Waals surface area (Å²) in [6.07, 6.45) is 2.26. The van der Waals surface area contributed by atoms with Gasteiger partial charge in [0.2, 0.25) is 11.8 Å². The quantitative estimate of drug-likeness (QED) is 0.518. The minimum atomic E-state index is -3.77. The van der Waals surface area contributed by atoms with Gasteiger partial charge in [-0.25, -0.2) is 8.42 Å². The van der Waals surface area contributed by atoms with Crippen LogP contribution in [0.25, 0.3) is 0 Å². The Morgan fingerprint density at radius 2 is 1.74 bits per heavy atom. The lowest BCUT2D eigenvalue weighted by atomic mass is 10.2. The molecule has 2 aromatic rings. The standard InChI is InChI=1S/C25H27BrClN3O4S/c26-19-15-18-7-9-30(25(32)17-5-6-17)24(18)22(16-19)35(33,34)14-8-23(31)29-12-10-28(11-13-29)21-4-2-1-3-20(21)27/h1-4,15-17H,5-14H2. The van der Waals surface area contributed by atoms with E-state index in [2.05, 4.69) is 20.8 Å². The number of piperazine rings is 1. The Morgan fingerprint density at radius 3 is 2.43 bits per heavy atom. The van der Waals surface area contributed by atoms with Gasteiger partial charge in [0, 0.05) is 49.5 Å². The molecule has 0 spiro atoms. The molecule has 35 heavy (non-hydrogen) atoms. The van der Waals surface area contributed by atoms with Crippen molar-refractivity contribution in [3.8, 4) is 0 Å². The highest BCUT2D eigenvalue weighted by Gasteiger charge is 2.39. The fourth-order valence-corrected chi connectivity index (χ4v) is 7.29. The molecule has 0 N–H and O–H groups in total. The van der Waals surface area contributed by atoms with E-state index in [1.165, 1.54) is 0 Å². The first-order chi connectivity index (χ1) is 16.7. The largest absolute Gasteiger partial charge is 0.367 e. The molecule has 2 heterocycles. The number of fused-ring (bicyclic) bond motifs is 1. The fourth-order valence-electron chi connectivity index (χ4n) is 4.87. The van der Waals surface area contributed by atoms with E-state index < -0.39 is 9.84 Å². The summed E-state index contributed by atoms with van der Waals surface area (Å²) in [7, 11) is -3.77. The highest BCUT2D eigenvalue weighted by Crippen LogP contribution is 2.41. The summed E-state index contributed by atoms with van der Waals surface area (Å²) in [5.74, 6) is -0.448. The van der Waals surface area contributed by atoms with Crippen molar-refractivity contribution in [2.24, 2.45) is 5.92 Å². The first-order valence-electron chi connectivity index (χ1n) is 11.9. The minimum Gasteiger partial charge on any atom is -0.367 e. The molecular weight excluding hydrogens is 554 g/mol. The first kappa shape index (κ1) is 24.6. The smallest absolute Gasteiger partial charge is 0.230 e. The SMILES string of the molecule is O=C(CCS(=O)(=O)c1cc(Br)cc2c1N(C(=O)C1CC1)CC2)N1CCN(c2ccccc2Cl)CC1. The minimum absolute atomic E-state index is 0.00571. The molecule has 1 aliphatic carbocycles. The van der Waals surface area contributed by atoms with Crippen LogP contribution in [0.5, 0.6) is 0 Å². The second-order valence-corrected chi connectivity index (χ2v) is 12.7. The van der Waals surface area contributed by atoms with Crippen LogP contribution in [0, 0.1) is 5.92 Å². The maximum absolute atomic E-state index is 13.4. The van der Waals surface area contributed by atoms with Gasteiger partial charge in [0.05, 0.1) is 27.0 Å². The zero-order valence-corrected chi connectivity index (χ0v) is 22.4. The number of amides is 2. The predicted octanol–water partition coefficient (Wildman–Crippen LogP) is 3.91. The molecule has 2 fully saturated rings. The van der Waals surface area contributed by atoms with Gasteiger partial charge in [0.25, 0.3) is 0 Å². The molecule has 2 aliphatic heterocycles. The Labute approximate surface area is 219 Å². The zero-order valence-electron chi connectivity index (χ0n) is 19.3. The third kappa shape index (κ3) is 5.08. The van der Waals surface area contributed by atoms with Gasteiger partial charge < -0.3 is 14.7 Å². The molecular formula is C25H27BrClN3O4S. The van der Waals surface area contributed by atoms with Crippen molar-refractivity contribution in [3.05, 3.63) is 51.5 Å². The van der Waals surface area contributed by atoms with E-state index >= 15 is 0 Å². The number of benzene rings is 2. The summed E-state index contributed by atoms with van der Waals surface area (Å²) in [5.41, 5.74) is 2.30. The summed E-state index contributed by atoms with van der Waals surface area (Å²) in [6, 6.07) is 11.1. The molecule has 5 rings (SSSR count). The van der Waals surface area contributed by atoms with E-state index in [-0.39, 0.29) is 34.8 Å². The number of sulfone groups is 1. The topological polar surface area (TPSA) is 78.0 Å². The number of hydrogen-bond acceptors (Lipinski definition) is 5. The highest BCUT2D eigenvalue weighted by molar-refractivity contribution is 9.10. The van der Waals surface area contributed by atoms with Crippen molar-refractivity contribution in [1.29, 1.82) is 0 Å². The number of carbonyl (C=O) groups excluding carboxylic acids is 2. The normalized spacial score (nSPS) is 18.1. The Morgan fingerprint density at radius 1 is 1.03 bits per heavy atom. The number of nitrogens with zero attached hydrogens (tertiary/aromatic N) is 3. The number of anilines is 2. The van der Waals surface area contributed by atoms with Crippen LogP contribution in [-0.2, 0) is 25.8 Å². The van der Waals surface area contributed by atoms with E-state index in [4.69, 9.17) is 11.6 Å². The van der Waals surface area contributed by atoms with E-state index in [9.17, 15) is 18.0 Å². The molecule has 10 heteroatoms. The Kier molecular flexibility index (Phi) is 6.85. The molecule has 0 bridgehead atoms. The summed E-state index contributed by atoms with van der Waals surface area (Å²) in [4.78, 5) is 31.3. The lowest BCUT2D eigenvalue weighted by Crippen LogP contribution is -2.49. The van der Waals surface area contributed by atoms with Gasteiger partial charge in [0.1, 0.15) is 0 Å².